The van der Waals surface area contributed by atoms with Gasteiger partial charge in [0.25, 0.3) is 0 Å². The average molecular weight is 278 g/mol. The molecule has 0 aliphatic carbocycles. The lowest BCUT2D eigenvalue weighted by atomic mass is 10.0. The molecule has 1 N–H and O–H groups in total. The second-order valence-electron chi connectivity index (χ2n) is 4.92. The Bertz CT molecular complexity index is 696. The molecule has 0 bridgehead atoms. The highest BCUT2D eigenvalue weighted by atomic mass is 16.3. The lowest BCUT2D eigenvalue weighted by Gasteiger charge is -2.05. The molecule has 0 aliphatic heterocycles. The number of aryl methyl sites for hydroxylation is 1. The number of carbonyl (C=O) groups excluding carboxylic acids is 1. The van der Waals surface area contributed by atoms with Crippen molar-refractivity contribution in [2.24, 2.45) is 0 Å². The quantitative estimate of drug-likeness (QED) is 0.502. The van der Waals surface area contributed by atoms with E-state index in [0.29, 0.717) is 17.5 Å². The highest BCUT2D eigenvalue weighted by Crippen LogP contribution is 2.24. The van der Waals surface area contributed by atoms with Crippen LogP contribution in [0, 0.1) is 6.92 Å². The van der Waals surface area contributed by atoms with Gasteiger partial charge in [0.1, 0.15) is 5.75 Å². The van der Waals surface area contributed by atoms with Crippen molar-refractivity contribution in [3.05, 3.63) is 83.4 Å². The summed E-state index contributed by atoms with van der Waals surface area (Å²) >= 11 is 0. The summed E-state index contributed by atoms with van der Waals surface area (Å²) in [4.78, 5) is 12.2. The van der Waals surface area contributed by atoms with Crippen LogP contribution in [0.3, 0.4) is 0 Å². The van der Waals surface area contributed by atoms with E-state index in [1.165, 1.54) is 6.08 Å². The van der Waals surface area contributed by atoms with Crippen molar-refractivity contribution in [3.8, 4) is 5.75 Å². The normalized spacial score (nSPS) is 10.7. The van der Waals surface area contributed by atoms with Gasteiger partial charge in [-0.1, -0.05) is 54.1 Å². The molecule has 0 aliphatic rings. The number of rotatable bonds is 5. The lowest BCUT2D eigenvalue weighted by molar-refractivity contribution is 0.104. The molecule has 0 aromatic heterocycles. The Morgan fingerprint density at radius 3 is 2.71 bits per heavy atom. The first-order chi connectivity index (χ1) is 10.1. The van der Waals surface area contributed by atoms with Crippen LogP contribution in [-0.2, 0) is 6.42 Å². The van der Waals surface area contributed by atoms with Gasteiger partial charge >= 0.3 is 0 Å². The zero-order valence-electron chi connectivity index (χ0n) is 12.0. The standard InChI is InChI=1S/C19H18O2/c1-3-6-16-9-5-10-17(19(16)21)18(20)12-11-15-8-4-7-14(2)13-15/h3-5,7-13,21H,1,6H2,2H3/b12-11+. The SMILES string of the molecule is C=CCc1cccc(C(=O)/C=C/c2cccc(C)c2)c1O. The van der Waals surface area contributed by atoms with Crippen molar-refractivity contribution < 1.29 is 9.90 Å². The van der Waals surface area contributed by atoms with E-state index in [4.69, 9.17) is 0 Å². The maximum atomic E-state index is 12.2. The van der Waals surface area contributed by atoms with Crippen LogP contribution in [0.15, 0.2) is 61.2 Å². The molecule has 0 fully saturated rings. The molecular formula is C19H18O2. The fourth-order valence-corrected chi connectivity index (χ4v) is 2.15. The summed E-state index contributed by atoms with van der Waals surface area (Å²) in [5.41, 5.74) is 3.13. The van der Waals surface area contributed by atoms with Crippen molar-refractivity contribution in [1.29, 1.82) is 0 Å². The van der Waals surface area contributed by atoms with Gasteiger partial charge in [-0.3, -0.25) is 4.79 Å². The number of para-hydroxylation sites is 1. The first-order valence-electron chi connectivity index (χ1n) is 6.82. The number of allylic oxidation sites excluding steroid dienone is 2. The van der Waals surface area contributed by atoms with E-state index in [-0.39, 0.29) is 11.5 Å². The Morgan fingerprint density at radius 1 is 1.24 bits per heavy atom. The predicted molar refractivity (Wildman–Crippen MR) is 86.6 cm³/mol. The van der Waals surface area contributed by atoms with Gasteiger partial charge in [0.15, 0.2) is 5.78 Å². The minimum Gasteiger partial charge on any atom is -0.507 e. The smallest absolute Gasteiger partial charge is 0.189 e. The van der Waals surface area contributed by atoms with Crippen molar-refractivity contribution >= 4 is 11.9 Å². The zero-order chi connectivity index (χ0) is 15.2. The van der Waals surface area contributed by atoms with Gasteiger partial charge in [0.2, 0.25) is 0 Å². The molecule has 2 heteroatoms. The van der Waals surface area contributed by atoms with Crippen LogP contribution in [0.1, 0.15) is 27.0 Å². The molecule has 0 radical (unpaired) electrons. The lowest BCUT2D eigenvalue weighted by Crippen LogP contribution is -1.97. The van der Waals surface area contributed by atoms with E-state index in [2.05, 4.69) is 6.58 Å². The van der Waals surface area contributed by atoms with Crippen LogP contribution < -0.4 is 0 Å². The minimum absolute atomic E-state index is 0.0382. The number of phenolic OH excluding ortho intramolecular Hbond substituents is 1. The number of benzene rings is 2. The van der Waals surface area contributed by atoms with E-state index >= 15 is 0 Å². The van der Waals surface area contributed by atoms with E-state index in [1.54, 1.807) is 30.4 Å². The predicted octanol–water partition coefficient (Wildman–Crippen LogP) is 4.33. The second kappa shape index (κ2) is 6.71. The Labute approximate surface area is 125 Å². The third kappa shape index (κ3) is 3.69. The Hall–Kier alpha value is -2.61. The van der Waals surface area contributed by atoms with Crippen LogP contribution in [-0.4, -0.2) is 10.9 Å². The Balaban J connectivity index is 2.24. The minimum atomic E-state index is -0.208. The van der Waals surface area contributed by atoms with E-state index < -0.39 is 0 Å². The third-order valence-electron chi connectivity index (χ3n) is 3.22. The summed E-state index contributed by atoms with van der Waals surface area (Å²) in [6.45, 7) is 5.65. The molecule has 0 saturated carbocycles. The van der Waals surface area contributed by atoms with E-state index in [0.717, 1.165) is 11.1 Å². The number of carbonyl (C=O) groups is 1. The van der Waals surface area contributed by atoms with Crippen molar-refractivity contribution in [2.75, 3.05) is 0 Å². The Kier molecular flexibility index (Phi) is 4.72. The van der Waals surface area contributed by atoms with E-state index in [9.17, 15) is 9.90 Å². The fraction of sp³-hybridized carbons (Fsp3) is 0.105. The molecular weight excluding hydrogens is 260 g/mol. The number of phenols is 1. The maximum Gasteiger partial charge on any atom is 0.189 e. The largest absolute Gasteiger partial charge is 0.507 e. The molecule has 2 aromatic carbocycles. The number of ketones is 1. The first-order valence-corrected chi connectivity index (χ1v) is 6.82. The zero-order valence-corrected chi connectivity index (χ0v) is 12.0. The molecule has 2 aromatic rings. The second-order valence-corrected chi connectivity index (χ2v) is 4.92. The highest BCUT2D eigenvalue weighted by Gasteiger charge is 2.11. The van der Waals surface area contributed by atoms with Crippen molar-refractivity contribution in [1.82, 2.24) is 0 Å². The van der Waals surface area contributed by atoms with Crippen molar-refractivity contribution in [3.63, 3.8) is 0 Å². The monoisotopic (exact) mass is 278 g/mol. The molecule has 0 saturated heterocycles. The van der Waals surface area contributed by atoms with Gasteiger partial charge in [-0.15, -0.1) is 6.58 Å². The van der Waals surface area contributed by atoms with Gasteiger partial charge in [0.05, 0.1) is 5.56 Å². The van der Waals surface area contributed by atoms with Crippen molar-refractivity contribution in [2.45, 2.75) is 13.3 Å². The number of aromatic hydroxyl groups is 1. The molecule has 0 spiro atoms. The molecule has 0 atom stereocenters. The highest BCUT2D eigenvalue weighted by molar-refractivity contribution is 6.08. The van der Waals surface area contributed by atoms with Gasteiger partial charge in [-0.2, -0.15) is 0 Å². The molecule has 21 heavy (non-hydrogen) atoms. The summed E-state index contributed by atoms with van der Waals surface area (Å²) in [6, 6.07) is 13.1. The summed E-state index contributed by atoms with van der Waals surface area (Å²) in [5, 5.41) is 10.1. The summed E-state index contributed by atoms with van der Waals surface area (Å²) < 4.78 is 0. The molecule has 2 nitrogen and oxygen atoms in total. The van der Waals surface area contributed by atoms with Crippen LogP contribution in [0.5, 0.6) is 5.75 Å². The Morgan fingerprint density at radius 2 is 2.00 bits per heavy atom. The average Bonchev–Trinajstić information content (AvgIpc) is 2.47. The van der Waals surface area contributed by atoms with Crippen LogP contribution >= 0.6 is 0 Å². The fourth-order valence-electron chi connectivity index (χ4n) is 2.15. The molecule has 2 rings (SSSR count). The molecule has 106 valence electrons. The summed E-state index contributed by atoms with van der Waals surface area (Å²) in [5.74, 6) is -0.170. The van der Waals surface area contributed by atoms with E-state index in [1.807, 2.05) is 31.2 Å². The van der Waals surface area contributed by atoms with Gasteiger partial charge in [-0.05, 0) is 36.6 Å². The van der Waals surface area contributed by atoms with Crippen LogP contribution in [0.25, 0.3) is 6.08 Å². The van der Waals surface area contributed by atoms with Gasteiger partial charge in [-0.25, -0.2) is 0 Å². The molecule has 0 heterocycles. The molecule has 0 amide bonds. The number of hydrogen-bond donors (Lipinski definition) is 1. The maximum absolute atomic E-state index is 12.2. The van der Waals surface area contributed by atoms with Gasteiger partial charge < -0.3 is 5.11 Å². The summed E-state index contributed by atoms with van der Waals surface area (Å²) in [6.07, 6.45) is 5.48. The van der Waals surface area contributed by atoms with Crippen LogP contribution in [0.2, 0.25) is 0 Å². The molecule has 0 unspecified atom stereocenters. The van der Waals surface area contributed by atoms with Crippen LogP contribution in [0.4, 0.5) is 0 Å². The topological polar surface area (TPSA) is 37.3 Å². The number of hydrogen-bond acceptors (Lipinski definition) is 2. The summed E-state index contributed by atoms with van der Waals surface area (Å²) in [7, 11) is 0. The van der Waals surface area contributed by atoms with Gasteiger partial charge in [0, 0.05) is 0 Å². The first kappa shape index (κ1) is 14.8. The third-order valence-corrected chi connectivity index (χ3v) is 3.22.